The third-order valence-electron chi connectivity index (χ3n) is 4.98. The van der Waals surface area contributed by atoms with Crippen LogP contribution in [-0.4, -0.2) is 49.2 Å². The largest absolute Gasteiger partial charge is 0.350 e. The predicted octanol–water partition coefficient (Wildman–Crippen LogP) is 2.72. The molecule has 1 aliphatic heterocycles. The van der Waals surface area contributed by atoms with Gasteiger partial charge in [0.2, 0.25) is 5.91 Å². The number of aromatic nitrogens is 3. The molecule has 1 atom stereocenters. The van der Waals surface area contributed by atoms with E-state index in [0.717, 1.165) is 17.0 Å². The lowest BCUT2D eigenvalue weighted by atomic mass is 10.2. The Morgan fingerprint density at radius 3 is 2.63 bits per heavy atom. The molecule has 2 amide bonds. The highest BCUT2D eigenvalue weighted by atomic mass is 32.2. The van der Waals surface area contributed by atoms with Gasteiger partial charge in [0, 0.05) is 24.2 Å². The molecule has 1 aromatic carbocycles. The highest BCUT2D eigenvalue weighted by Crippen LogP contribution is 2.23. The van der Waals surface area contributed by atoms with Crippen LogP contribution in [0.25, 0.3) is 5.82 Å². The first-order chi connectivity index (χ1) is 14.5. The van der Waals surface area contributed by atoms with Gasteiger partial charge in [0.1, 0.15) is 6.04 Å². The van der Waals surface area contributed by atoms with Crippen molar-refractivity contribution in [3.8, 4) is 5.82 Å². The third kappa shape index (κ3) is 4.23. The second-order valence-corrected chi connectivity index (χ2v) is 8.24. The van der Waals surface area contributed by atoms with Crippen molar-refractivity contribution in [2.24, 2.45) is 0 Å². The van der Waals surface area contributed by atoms with E-state index < -0.39 is 6.04 Å². The van der Waals surface area contributed by atoms with Crippen LogP contribution in [-0.2, 0) is 11.3 Å². The van der Waals surface area contributed by atoms with Crippen LogP contribution in [0.2, 0.25) is 0 Å². The lowest BCUT2D eigenvalue weighted by Gasteiger charge is -2.23. The first-order valence-electron chi connectivity index (χ1n) is 9.73. The maximum absolute atomic E-state index is 13.0. The fourth-order valence-corrected chi connectivity index (χ4v) is 4.58. The molecule has 0 unspecified atom stereocenters. The molecule has 4 rings (SSSR count). The fourth-order valence-electron chi connectivity index (χ4n) is 3.43. The molecule has 3 heterocycles. The molecule has 1 fully saturated rings. The summed E-state index contributed by atoms with van der Waals surface area (Å²) in [6.45, 7) is 4.33. The molecule has 0 radical (unpaired) electrons. The summed E-state index contributed by atoms with van der Waals surface area (Å²) in [4.78, 5) is 31.7. The Kier molecular flexibility index (Phi) is 5.85. The molecule has 7 nitrogen and oxygen atoms in total. The van der Waals surface area contributed by atoms with E-state index in [-0.39, 0.29) is 11.8 Å². The Morgan fingerprint density at radius 1 is 1.17 bits per heavy atom. The van der Waals surface area contributed by atoms with Gasteiger partial charge in [0.15, 0.2) is 5.82 Å². The molecule has 0 aliphatic carbocycles. The summed E-state index contributed by atoms with van der Waals surface area (Å²) < 4.78 is 1.75. The SMILES string of the molecule is Cc1cc(C)n(-c2ccc(C(=O)N3CSC[C@H]3C(=O)NCc3ccccc3)cn2)n1. The topological polar surface area (TPSA) is 80.1 Å². The van der Waals surface area contributed by atoms with Crippen LogP contribution in [0, 0.1) is 13.8 Å². The third-order valence-corrected chi connectivity index (χ3v) is 5.99. The number of carbonyl (C=O) groups excluding carboxylic acids is 2. The van der Waals surface area contributed by atoms with Gasteiger partial charge in [-0.15, -0.1) is 11.8 Å². The van der Waals surface area contributed by atoms with Crippen LogP contribution in [0.15, 0.2) is 54.7 Å². The van der Waals surface area contributed by atoms with E-state index >= 15 is 0 Å². The average Bonchev–Trinajstić information content (AvgIpc) is 3.38. The number of aryl methyl sites for hydroxylation is 2. The summed E-state index contributed by atoms with van der Waals surface area (Å²) in [5.41, 5.74) is 3.38. The van der Waals surface area contributed by atoms with Crippen LogP contribution in [0.1, 0.15) is 27.3 Å². The van der Waals surface area contributed by atoms with E-state index in [4.69, 9.17) is 0 Å². The number of nitrogens with zero attached hydrogens (tertiary/aromatic N) is 4. The van der Waals surface area contributed by atoms with Gasteiger partial charge in [-0.05, 0) is 37.6 Å². The number of benzene rings is 1. The van der Waals surface area contributed by atoms with E-state index in [9.17, 15) is 9.59 Å². The van der Waals surface area contributed by atoms with Crippen LogP contribution < -0.4 is 5.32 Å². The number of carbonyl (C=O) groups is 2. The van der Waals surface area contributed by atoms with Gasteiger partial charge in [-0.1, -0.05) is 30.3 Å². The van der Waals surface area contributed by atoms with Crippen LogP contribution in [0.5, 0.6) is 0 Å². The highest BCUT2D eigenvalue weighted by Gasteiger charge is 2.35. The molecule has 3 aromatic rings. The summed E-state index contributed by atoms with van der Waals surface area (Å²) in [6, 6.07) is 14.7. The summed E-state index contributed by atoms with van der Waals surface area (Å²) >= 11 is 1.58. The molecule has 0 saturated carbocycles. The van der Waals surface area contributed by atoms with Gasteiger partial charge in [-0.3, -0.25) is 9.59 Å². The molecular formula is C22H23N5O2S. The Balaban J connectivity index is 1.44. The van der Waals surface area contributed by atoms with E-state index in [2.05, 4.69) is 15.4 Å². The minimum atomic E-state index is -0.484. The summed E-state index contributed by atoms with van der Waals surface area (Å²) in [6.07, 6.45) is 1.55. The van der Waals surface area contributed by atoms with Gasteiger partial charge >= 0.3 is 0 Å². The lowest BCUT2D eigenvalue weighted by molar-refractivity contribution is -0.124. The maximum atomic E-state index is 13.0. The van der Waals surface area contributed by atoms with E-state index in [1.165, 1.54) is 0 Å². The zero-order valence-corrected chi connectivity index (χ0v) is 17.7. The number of hydrogen-bond acceptors (Lipinski definition) is 5. The zero-order chi connectivity index (χ0) is 21.1. The number of hydrogen-bond donors (Lipinski definition) is 1. The highest BCUT2D eigenvalue weighted by molar-refractivity contribution is 7.99. The van der Waals surface area contributed by atoms with Gasteiger partial charge < -0.3 is 10.2 Å². The molecule has 0 bridgehead atoms. The Bertz CT molecular complexity index is 1050. The van der Waals surface area contributed by atoms with Gasteiger partial charge in [-0.25, -0.2) is 9.67 Å². The number of rotatable bonds is 5. The summed E-state index contributed by atoms with van der Waals surface area (Å²) in [5.74, 6) is 1.41. The van der Waals surface area contributed by atoms with E-state index in [1.54, 1.807) is 39.7 Å². The van der Waals surface area contributed by atoms with Crippen molar-refractivity contribution in [1.29, 1.82) is 0 Å². The predicted molar refractivity (Wildman–Crippen MR) is 116 cm³/mol. The fraction of sp³-hybridized carbons (Fsp3) is 0.273. The molecule has 1 saturated heterocycles. The minimum Gasteiger partial charge on any atom is -0.350 e. The number of nitrogens with one attached hydrogen (secondary N) is 1. The van der Waals surface area contributed by atoms with Gasteiger partial charge in [0.25, 0.3) is 5.91 Å². The molecule has 1 N–H and O–H groups in total. The van der Waals surface area contributed by atoms with Crippen LogP contribution >= 0.6 is 11.8 Å². The van der Waals surface area contributed by atoms with E-state index in [1.807, 2.05) is 50.2 Å². The van der Waals surface area contributed by atoms with Crippen molar-refractivity contribution in [2.75, 3.05) is 11.6 Å². The smallest absolute Gasteiger partial charge is 0.256 e. The number of amides is 2. The van der Waals surface area contributed by atoms with Gasteiger partial charge in [-0.2, -0.15) is 5.10 Å². The lowest BCUT2D eigenvalue weighted by Crippen LogP contribution is -2.47. The molecule has 0 spiro atoms. The van der Waals surface area contributed by atoms with Crippen molar-refractivity contribution < 1.29 is 9.59 Å². The zero-order valence-electron chi connectivity index (χ0n) is 16.9. The quantitative estimate of drug-likeness (QED) is 0.685. The summed E-state index contributed by atoms with van der Waals surface area (Å²) in [5, 5.41) is 7.36. The standard InChI is InChI=1S/C22H23N5O2S/c1-15-10-16(2)27(25-15)20-9-8-18(12-23-20)22(29)26-14-30-13-19(26)21(28)24-11-17-6-4-3-5-7-17/h3-10,12,19H,11,13-14H2,1-2H3,(H,24,28)/t19-/m0/s1. The monoisotopic (exact) mass is 421 g/mol. The molecule has 8 heteroatoms. The Morgan fingerprint density at radius 2 is 1.97 bits per heavy atom. The second-order valence-electron chi connectivity index (χ2n) is 7.24. The molecule has 30 heavy (non-hydrogen) atoms. The Hall–Kier alpha value is -3.13. The average molecular weight is 422 g/mol. The van der Waals surface area contributed by atoms with Crippen molar-refractivity contribution in [3.05, 3.63) is 77.2 Å². The van der Waals surface area contributed by atoms with Crippen molar-refractivity contribution >= 4 is 23.6 Å². The molecule has 154 valence electrons. The van der Waals surface area contributed by atoms with E-state index in [0.29, 0.717) is 29.6 Å². The molecule has 2 aromatic heterocycles. The van der Waals surface area contributed by atoms with Crippen molar-refractivity contribution in [3.63, 3.8) is 0 Å². The van der Waals surface area contributed by atoms with Crippen LogP contribution in [0.3, 0.4) is 0 Å². The maximum Gasteiger partial charge on any atom is 0.256 e. The van der Waals surface area contributed by atoms with Gasteiger partial charge in [0.05, 0.1) is 17.1 Å². The second kappa shape index (κ2) is 8.71. The van der Waals surface area contributed by atoms with Crippen LogP contribution in [0.4, 0.5) is 0 Å². The first kappa shape index (κ1) is 20.2. The molecule has 1 aliphatic rings. The normalized spacial score (nSPS) is 15.9. The summed E-state index contributed by atoms with van der Waals surface area (Å²) in [7, 11) is 0. The number of pyridine rings is 1. The first-order valence-corrected chi connectivity index (χ1v) is 10.9. The van der Waals surface area contributed by atoms with Crippen molar-refractivity contribution in [2.45, 2.75) is 26.4 Å². The number of thioether (sulfide) groups is 1. The minimum absolute atomic E-state index is 0.135. The molecular weight excluding hydrogens is 398 g/mol. The van der Waals surface area contributed by atoms with Crippen molar-refractivity contribution in [1.82, 2.24) is 25.0 Å². The Labute approximate surface area is 179 Å².